The minimum atomic E-state index is -4.52. The van der Waals surface area contributed by atoms with Crippen LogP contribution in [0.2, 0.25) is 5.02 Å². The maximum atomic E-state index is 14.5. The number of ether oxygens (including phenoxy) is 1. The third-order valence-electron chi connectivity index (χ3n) is 18.7. The van der Waals surface area contributed by atoms with E-state index < -0.39 is 131 Å². The van der Waals surface area contributed by atoms with E-state index in [1.807, 2.05) is 91.8 Å². The molecule has 1 aliphatic carbocycles. The van der Waals surface area contributed by atoms with Gasteiger partial charge in [0.15, 0.2) is 0 Å². The van der Waals surface area contributed by atoms with E-state index in [0.717, 1.165) is 27.9 Å². The second kappa shape index (κ2) is 39.0. The molecule has 32 nitrogen and oxygen atoms in total. The zero-order valence-electron chi connectivity index (χ0n) is 62.5. The van der Waals surface area contributed by atoms with E-state index in [1.165, 1.54) is 35.2 Å². The van der Waals surface area contributed by atoms with Crippen LogP contribution < -0.4 is 58.1 Å². The molecule has 1 fully saturated rings. The van der Waals surface area contributed by atoms with Gasteiger partial charge < -0.3 is 77.9 Å². The molecular formula is C79H89ClN14O18S. The van der Waals surface area contributed by atoms with Crippen molar-refractivity contribution in [3.63, 3.8) is 0 Å². The SMILES string of the molecule is CN(C)c1ccc(N=Nc2ccc(C(=O)NCCCC[C@H](NC(=O)CNC(=O)[C@H](CC(=O)O)NC(=O)[C@@H]3CCCN3C(=O)C(NC(=O)c3ccc(NC(=O)CNC(=O)C(CCC(=O)NCCNc4cccc5c(S(=O)(=O)O)cccc45)NC(=O)OCC4c5ccccc5-c5ccccc54)c(Cl)c3)C(C)(C)C)C(=O)O)cc2)cc1. The van der Waals surface area contributed by atoms with Crippen LogP contribution >= 0.6 is 11.6 Å². The molecule has 0 radical (unpaired) electrons. The topological polar surface area (TPSA) is 460 Å². The number of hydrogen-bond acceptors (Lipinski definition) is 19. The lowest BCUT2D eigenvalue weighted by atomic mass is 9.85. The van der Waals surface area contributed by atoms with E-state index in [9.17, 15) is 80.7 Å². The molecule has 2 aliphatic rings. The zero-order chi connectivity index (χ0) is 81.7. The standard InChI is InChI=1S/C79H89ClN14O18S/c1-79(2,3)70(76(105)94-40-14-23-64(94)75(104)88-63(42-69(98)99)74(103)85-44-68(97)87-62(77(106)107)21-10-11-37-83-71(100)46-25-28-48(29-26-46)91-92-49-30-32-50(33-31-49)93(4)5)90-72(101)47-27-34-60(58(80)41-47)86-67(96)43-84-73(102)61(89-78(108)112-45-57-53-17-8-6-15-51(53)52-16-7-9-18-54(52)57)35-36-66(95)82-39-38-81-59-22-12-20-56-55(59)19-13-24-65(56)113(109,110)111/h6-9,12-13,15-20,22,24-34,41,57,61-64,70,81H,10-11,14,21,23,35-40,42-45H2,1-5H3,(H,82,95)(H,83,100)(H,84,102)(H,85,103)(H,86,96)(H,87,97)(H,88,104)(H,89,108)(H,90,101)(H,98,99)(H,106,107)(H,109,110,111)/t61?,62-,63-,64-,70?/m0/s1. The Balaban J connectivity index is 0.735. The summed E-state index contributed by atoms with van der Waals surface area (Å²) in [6.45, 7) is 3.81. The average molecular weight is 1590 g/mol. The summed E-state index contributed by atoms with van der Waals surface area (Å²) in [6.07, 6.45) is -1.60. The summed E-state index contributed by atoms with van der Waals surface area (Å²) in [6, 6.07) is 35.2. The Bertz CT molecular complexity index is 4820. The maximum absolute atomic E-state index is 14.5. The Hall–Kier alpha value is -12.4. The fourth-order valence-corrected chi connectivity index (χ4v) is 13.8. The molecule has 0 aromatic heterocycles. The predicted molar refractivity (Wildman–Crippen MR) is 419 cm³/mol. The highest BCUT2D eigenvalue weighted by Gasteiger charge is 2.43. The first-order valence-corrected chi connectivity index (χ1v) is 38.1. The number of benzene rings is 7. The largest absolute Gasteiger partial charge is 0.481 e. The van der Waals surface area contributed by atoms with Crippen molar-refractivity contribution in [1.29, 1.82) is 0 Å². The molecule has 5 atom stereocenters. The molecule has 1 aliphatic heterocycles. The number of carboxylic acids is 2. The first-order chi connectivity index (χ1) is 53.8. The number of carbonyl (C=O) groups is 12. The number of halogens is 1. The number of carboxylic acid groups (broad SMARTS) is 2. The van der Waals surface area contributed by atoms with E-state index in [0.29, 0.717) is 34.4 Å². The van der Waals surface area contributed by atoms with Crippen molar-refractivity contribution in [2.75, 3.05) is 75.5 Å². The molecule has 596 valence electrons. The van der Waals surface area contributed by atoms with Crippen LogP contribution in [0.5, 0.6) is 0 Å². The molecule has 0 bridgehead atoms. The number of unbranched alkanes of at least 4 members (excludes halogenated alkanes) is 1. The van der Waals surface area contributed by atoms with Gasteiger partial charge in [0.2, 0.25) is 41.4 Å². The number of hydrogen-bond donors (Lipinski definition) is 13. The molecule has 2 unspecified atom stereocenters. The smallest absolute Gasteiger partial charge is 0.407 e. The number of nitrogens with zero attached hydrogens (tertiary/aromatic N) is 4. The van der Waals surface area contributed by atoms with E-state index in [1.54, 1.807) is 69.3 Å². The Morgan fingerprint density at radius 2 is 1.23 bits per heavy atom. The fraction of sp³-hybridized carbons (Fsp3) is 0.342. The van der Waals surface area contributed by atoms with E-state index in [-0.39, 0.29) is 110 Å². The van der Waals surface area contributed by atoms with Gasteiger partial charge in [-0.25, -0.2) is 9.59 Å². The molecule has 1 heterocycles. The third kappa shape index (κ3) is 23.6. The van der Waals surface area contributed by atoms with Gasteiger partial charge in [0.25, 0.3) is 21.9 Å². The van der Waals surface area contributed by atoms with Crippen LogP contribution in [0, 0.1) is 5.41 Å². The van der Waals surface area contributed by atoms with Gasteiger partial charge in [-0.1, -0.05) is 105 Å². The summed E-state index contributed by atoms with van der Waals surface area (Å²) in [5.74, 6) is -10.2. The number of nitrogens with one attached hydrogen (secondary N) is 10. The molecule has 113 heavy (non-hydrogen) atoms. The summed E-state index contributed by atoms with van der Waals surface area (Å²) in [7, 11) is -0.669. The quantitative estimate of drug-likeness (QED) is 0.0102. The highest BCUT2D eigenvalue weighted by molar-refractivity contribution is 7.86. The van der Waals surface area contributed by atoms with Gasteiger partial charge in [-0.3, -0.25) is 52.5 Å². The van der Waals surface area contributed by atoms with Crippen LogP contribution in [0.4, 0.5) is 33.2 Å². The lowest BCUT2D eigenvalue weighted by molar-refractivity contribution is -0.144. The maximum Gasteiger partial charge on any atom is 0.407 e. The number of amides is 10. The van der Waals surface area contributed by atoms with Crippen LogP contribution in [0.15, 0.2) is 167 Å². The summed E-state index contributed by atoms with van der Waals surface area (Å²) >= 11 is 6.64. The molecular weight excluding hydrogens is 1500 g/mol. The van der Waals surface area contributed by atoms with E-state index in [2.05, 4.69) is 63.4 Å². The molecule has 0 saturated carbocycles. The minimum Gasteiger partial charge on any atom is -0.481 e. The van der Waals surface area contributed by atoms with Crippen molar-refractivity contribution in [2.45, 2.75) is 113 Å². The normalized spacial score (nSPS) is 14.2. The van der Waals surface area contributed by atoms with Gasteiger partial charge in [-0.05, 0) is 145 Å². The Morgan fingerprint density at radius 1 is 0.611 bits per heavy atom. The first kappa shape index (κ1) is 84.7. The number of likely N-dealkylation sites (tertiary alicyclic amines) is 1. The highest BCUT2D eigenvalue weighted by Crippen LogP contribution is 2.45. The lowest BCUT2D eigenvalue weighted by Crippen LogP contribution is -2.59. The molecule has 1 saturated heterocycles. The highest BCUT2D eigenvalue weighted by atomic mass is 35.5. The summed E-state index contributed by atoms with van der Waals surface area (Å²) in [4.78, 5) is 163. The molecule has 7 aromatic carbocycles. The second-order valence-electron chi connectivity index (χ2n) is 28.1. The van der Waals surface area contributed by atoms with Crippen LogP contribution in [0.25, 0.3) is 21.9 Å². The van der Waals surface area contributed by atoms with Crippen molar-refractivity contribution in [3.05, 3.63) is 179 Å². The molecule has 9 rings (SSSR count). The van der Waals surface area contributed by atoms with Gasteiger partial charge in [0.1, 0.15) is 41.7 Å². The monoisotopic (exact) mass is 1590 g/mol. The number of alkyl carbamates (subject to hydrolysis) is 1. The number of carbonyl (C=O) groups excluding carboxylic acids is 10. The van der Waals surface area contributed by atoms with Crippen molar-refractivity contribution in [1.82, 2.24) is 47.4 Å². The average Bonchev–Trinajstić information content (AvgIpc) is 1.63. The third-order valence-corrected chi connectivity index (χ3v) is 20.0. The molecule has 7 aromatic rings. The fourth-order valence-electron chi connectivity index (χ4n) is 12.9. The van der Waals surface area contributed by atoms with Crippen LogP contribution in [-0.2, 0) is 58.0 Å². The number of anilines is 3. The first-order valence-electron chi connectivity index (χ1n) is 36.3. The van der Waals surface area contributed by atoms with Crippen molar-refractivity contribution in [2.24, 2.45) is 15.6 Å². The number of aliphatic carboxylic acids is 2. The molecule has 34 heteroatoms. The lowest BCUT2D eigenvalue weighted by Gasteiger charge is -2.35. The van der Waals surface area contributed by atoms with Crippen molar-refractivity contribution in [3.8, 4) is 11.1 Å². The molecule has 0 spiro atoms. The van der Waals surface area contributed by atoms with Crippen LogP contribution in [0.3, 0.4) is 0 Å². The van der Waals surface area contributed by atoms with Gasteiger partial charge in [0, 0.05) is 85.9 Å². The second-order valence-corrected chi connectivity index (χ2v) is 29.9. The minimum absolute atomic E-state index is 0.00385. The van der Waals surface area contributed by atoms with Crippen molar-refractivity contribution >= 4 is 132 Å². The summed E-state index contributed by atoms with van der Waals surface area (Å²) in [5.41, 5.74) is 5.81. The molecule has 10 amide bonds. The Morgan fingerprint density at radius 3 is 1.86 bits per heavy atom. The van der Waals surface area contributed by atoms with E-state index in [4.69, 9.17) is 16.3 Å². The van der Waals surface area contributed by atoms with Crippen molar-refractivity contribution < 1.29 is 85.5 Å². The Kier molecular flexibility index (Phi) is 29.2. The van der Waals surface area contributed by atoms with Gasteiger partial charge >= 0.3 is 18.0 Å². The number of azo groups is 1. The van der Waals surface area contributed by atoms with E-state index >= 15 is 0 Å². The van der Waals surface area contributed by atoms with Crippen LogP contribution in [-0.4, -0.2) is 189 Å². The summed E-state index contributed by atoms with van der Waals surface area (Å²) < 4.78 is 39.5. The van der Waals surface area contributed by atoms with Crippen LogP contribution in [0.1, 0.15) is 110 Å². The van der Waals surface area contributed by atoms with Gasteiger partial charge in [-0.2, -0.15) is 18.6 Å². The van der Waals surface area contributed by atoms with Gasteiger partial charge in [0.05, 0.1) is 41.6 Å². The summed E-state index contributed by atoms with van der Waals surface area (Å²) in [5, 5.41) is 54.6. The zero-order valence-corrected chi connectivity index (χ0v) is 64.1. The predicted octanol–water partition coefficient (Wildman–Crippen LogP) is 7.57. The molecule has 13 N–H and O–H groups in total. The Labute approximate surface area is 656 Å². The number of fused-ring (bicyclic) bond motifs is 4. The number of rotatable bonds is 36. The van der Waals surface area contributed by atoms with Gasteiger partial charge in [-0.15, -0.1) is 0 Å².